The summed E-state index contributed by atoms with van der Waals surface area (Å²) in [6.45, 7) is 9.23. The van der Waals surface area contributed by atoms with Gasteiger partial charge >= 0.3 is 0 Å². The molecule has 1 aliphatic heterocycles. The minimum Gasteiger partial charge on any atom is -0.493 e. The number of benzene rings is 2. The van der Waals surface area contributed by atoms with Gasteiger partial charge in [0.05, 0.1) is 20.2 Å². The van der Waals surface area contributed by atoms with Crippen LogP contribution in [0.4, 0.5) is 0 Å². The summed E-state index contributed by atoms with van der Waals surface area (Å²) in [7, 11) is 1.63. The summed E-state index contributed by atoms with van der Waals surface area (Å²) in [6.07, 6.45) is 4.63. The second-order valence-corrected chi connectivity index (χ2v) is 10.2. The molecule has 1 unspecified atom stereocenters. The van der Waals surface area contributed by atoms with E-state index in [-0.39, 0.29) is 19.1 Å². The number of carbonyl (C=O) groups is 1. The van der Waals surface area contributed by atoms with E-state index in [4.69, 9.17) is 14.2 Å². The monoisotopic (exact) mass is 536 g/mol. The molecule has 1 amide bonds. The number of amides is 1. The van der Waals surface area contributed by atoms with Gasteiger partial charge in [0, 0.05) is 51.9 Å². The van der Waals surface area contributed by atoms with Gasteiger partial charge in [0.1, 0.15) is 30.4 Å². The zero-order chi connectivity index (χ0) is 27.8. The summed E-state index contributed by atoms with van der Waals surface area (Å²) >= 11 is 0. The fraction of sp³-hybridized carbons (Fsp3) is 0.467. The molecule has 1 aliphatic rings. The molecule has 39 heavy (non-hydrogen) atoms. The molecule has 0 saturated carbocycles. The number of methoxy groups -OCH3 is 1. The van der Waals surface area contributed by atoms with Crippen molar-refractivity contribution in [2.24, 2.45) is 0 Å². The van der Waals surface area contributed by atoms with E-state index in [1.165, 1.54) is 6.92 Å². The van der Waals surface area contributed by atoms with E-state index in [0.29, 0.717) is 56.6 Å². The van der Waals surface area contributed by atoms with Crippen molar-refractivity contribution in [3.63, 3.8) is 0 Å². The summed E-state index contributed by atoms with van der Waals surface area (Å²) in [4.78, 5) is 20.5. The Balaban J connectivity index is 1.44. The topological polar surface area (TPSA) is 89.3 Å². The van der Waals surface area contributed by atoms with Crippen molar-refractivity contribution in [3.8, 4) is 17.2 Å². The molecule has 2 heterocycles. The molecule has 4 rings (SSSR count). The molecule has 1 aromatic heterocycles. The Labute approximate surface area is 230 Å². The normalized spacial score (nSPS) is 18.0. The van der Waals surface area contributed by atoms with Crippen LogP contribution >= 0.6 is 0 Å². The van der Waals surface area contributed by atoms with Crippen molar-refractivity contribution in [2.75, 3.05) is 46.5 Å². The fourth-order valence-corrected chi connectivity index (χ4v) is 4.89. The van der Waals surface area contributed by atoms with Crippen molar-refractivity contribution in [3.05, 3.63) is 71.8 Å². The van der Waals surface area contributed by atoms with Crippen molar-refractivity contribution >= 4 is 5.91 Å². The van der Waals surface area contributed by atoms with E-state index in [0.717, 1.165) is 23.4 Å². The number of rotatable bonds is 11. The molecular weight excluding hydrogens is 496 g/mol. The third kappa shape index (κ3) is 7.74. The maximum absolute atomic E-state index is 12.3. The molecule has 3 aromatic rings. The molecule has 0 bridgehead atoms. The third-order valence-electron chi connectivity index (χ3n) is 7.00. The maximum Gasteiger partial charge on any atom is 0.219 e. The Hall–Kier alpha value is -3.56. The highest BCUT2D eigenvalue weighted by atomic mass is 16.5. The van der Waals surface area contributed by atoms with Gasteiger partial charge in [-0.3, -0.25) is 9.69 Å². The molecule has 1 saturated heterocycles. The molecule has 0 aliphatic carbocycles. The average molecular weight is 537 g/mol. The van der Waals surface area contributed by atoms with Crippen LogP contribution in [0.1, 0.15) is 30.8 Å². The predicted octanol–water partition coefficient (Wildman–Crippen LogP) is 3.32. The average Bonchev–Trinajstić information content (AvgIpc) is 3.31. The number of imidazole rings is 1. The van der Waals surface area contributed by atoms with Gasteiger partial charge in [0.15, 0.2) is 11.5 Å². The van der Waals surface area contributed by atoms with Gasteiger partial charge in [0.25, 0.3) is 0 Å². The number of aryl methyl sites for hydroxylation is 2. The molecule has 1 fully saturated rings. The molecular formula is C30H40N4O5. The van der Waals surface area contributed by atoms with Crippen LogP contribution in [0.5, 0.6) is 17.2 Å². The first-order valence-corrected chi connectivity index (χ1v) is 13.5. The lowest BCUT2D eigenvalue weighted by atomic mass is 10.0. The van der Waals surface area contributed by atoms with Gasteiger partial charge in [-0.05, 0) is 36.8 Å². The number of ether oxygens (including phenoxy) is 3. The first-order chi connectivity index (χ1) is 18.8. The largest absolute Gasteiger partial charge is 0.493 e. The fourth-order valence-electron chi connectivity index (χ4n) is 4.89. The Morgan fingerprint density at radius 3 is 2.59 bits per heavy atom. The quantitative estimate of drug-likeness (QED) is 0.402. The van der Waals surface area contributed by atoms with Crippen LogP contribution in [-0.4, -0.2) is 82.5 Å². The van der Waals surface area contributed by atoms with Crippen molar-refractivity contribution < 1.29 is 24.1 Å². The van der Waals surface area contributed by atoms with E-state index in [9.17, 15) is 9.90 Å². The number of hydrogen-bond acceptors (Lipinski definition) is 7. The van der Waals surface area contributed by atoms with Crippen molar-refractivity contribution in [2.45, 2.75) is 45.9 Å². The first-order valence-electron chi connectivity index (χ1n) is 13.5. The molecule has 0 spiro atoms. The molecule has 0 radical (unpaired) electrons. The number of hydrogen-bond donors (Lipinski definition) is 1. The molecule has 1 N–H and O–H groups in total. The molecule has 1 atom stereocenters. The van der Waals surface area contributed by atoms with Crippen LogP contribution in [0.15, 0.2) is 54.9 Å². The summed E-state index contributed by atoms with van der Waals surface area (Å²) in [6, 6.07) is 13.6. The Morgan fingerprint density at radius 2 is 1.87 bits per heavy atom. The highest BCUT2D eigenvalue weighted by Gasteiger charge is 2.37. The number of aromatic nitrogens is 2. The van der Waals surface area contributed by atoms with Gasteiger partial charge in [-0.25, -0.2) is 4.98 Å². The lowest BCUT2D eigenvalue weighted by Gasteiger charge is -2.32. The summed E-state index contributed by atoms with van der Waals surface area (Å²) in [5, 5.41) is 11.6. The zero-order valence-corrected chi connectivity index (χ0v) is 23.4. The van der Waals surface area contributed by atoms with E-state index >= 15 is 0 Å². The maximum atomic E-state index is 12.3. The van der Waals surface area contributed by atoms with Gasteiger partial charge < -0.3 is 28.8 Å². The van der Waals surface area contributed by atoms with Gasteiger partial charge in [0.2, 0.25) is 5.91 Å². The van der Waals surface area contributed by atoms with Crippen LogP contribution in [0.25, 0.3) is 0 Å². The second kappa shape index (κ2) is 13.0. The van der Waals surface area contributed by atoms with E-state index < -0.39 is 5.60 Å². The highest BCUT2D eigenvalue weighted by molar-refractivity contribution is 5.73. The number of carbonyl (C=O) groups excluding carboxylic acids is 1. The number of nitrogens with zero attached hydrogens (tertiary/aromatic N) is 4. The number of aliphatic hydroxyl groups is 1. The Kier molecular flexibility index (Phi) is 9.48. The lowest BCUT2D eigenvalue weighted by molar-refractivity contribution is -0.132. The highest BCUT2D eigenvalue weighted by Crippen LogP contribution is 2.29. The smallest absolute Gasteiger partial charge is 0.219 e. The SMILES string of the molecule is CCc1nccn1CCOc1cc(CN2CCN(C(C)=O)CC(O)(COc3ccc(C)cc3)C2)ccc1OC. The third-order valence-corrected chi connectivity index (χ3v) is 7.00. The zero-order valence-electron chi connectivity index (χ0n) is 23.4. The first kappa shape index (κ1) is 28.4. The Bertz CT molecular complexity index is 1230. The van der Waals surface area contributed by atoms with E-state index in [2.05, 4.69) is 21.4 Å². The second-order valence-electron chi connectivity index (χ2n) is 10.2. The molecule has 2 aromatic carbocycles. The van der Waals surface area contributed by atoms with Gasteiger partial charge in [-0.1, -0.05) is 30.7 Å². The molecule has 9 heteroatoms. The van der Waals surface area contributed by atoms with Gasteiger partial charge in [-0.15, -0.1) is 0 Å². The minimum absolute atomic E-state index is 0.0603. The summed E-state index contributed by atoms with van der Waals surface area (Å²) < 4.78 is 19.7. The van der Waals surface area contributed by atoms with Crippen LogP contribution in [-0.2, 0) is 24.3 Å². The van der Waals surface area contributed by atoms with Gasteiger partial charge in [-0.2, -0.15) is 0 Å². The minimum atomic E-state index is -1.22. The lowest BCUT2D eigenvalue weighted by Crippen LogP contribution is -2.51. The van der Waals surface area contributed by atoms with Crippen LogP contribution in [0.3, 0.4) is 0 Å². The van der Waals surface area contributed by atoms with Crippen molar-refractivity contribution in [1.29, 1.82) is 0 Å². The molecule has 210 valence electrons. The van der Waals surface area contributed by atoms with Crippen molar-refractivity contribution in [1.82, 2.24) is 19.4 Å². The standard InChI is InChI=1S/C30H40N4O5/c1-5-29-31-12-13-33(29)16-17-38-28-18-25(8-11-27(28)37-4)19-32-14-15-34(24(3)35)21-30(36,20-32)22-39-26-9-6-23(2)7-10-26/h6-13,18,36H,5,14-17,19-22H2,1-4H3. The number of β-amino-alcohol motifs (C(OH)–C–C–N with tert-alkyl or cyclic N) is 1. The van der Waals surface area contributed by atoms with E-state index in [1.807, 2.05) is 61.8 Å². The van der Waals surface area contributed by atoms with E-state index in [1.54, 1.807) is 12.0 Å². The van der Waals surface area contributed by atoms with Crippen LogP contribution in [0.2, 0.25) is 0 Å². The predicted molar refractivity (Wildman–Crippen MR) is 149 cm³/mol. The molecule has 9 nitrogen and oxygen atoms in total. The Morgan fingerprint density at radius 1 is 1.08 bits per heavy atom. The van der Waals surface area contributed by atoms with Crippen LogP contribution in [0, 0.1) is 6.92 Å². The summed E-state index contributed by atoms with van der Waals surface area (Å²) in [5.74, 6) is 3.00. The summed E-state index contributed by atoms with van der Waals surface area (Å²) in [5.41, 5.74) is 0.946. The van der Waals surface area contributed by atoms with Crippen LogP contribution < -0.4 is 14.2 Å².